The van der Waals surface area contributed by atoms with Crippen molar-refractivity contribution < 1.29 is 14.3 Å². The van der Waals surface area contributed by atoms with E-state index in [2.05, 4.69) is 10.3 Å². The fourth-order valence-corrected chi connectivity index (χ4v) is 2.42. The van der Waals surface area contributed by atoms with Crippen LogP contribution in [0.2, 0.25) is 0 Å². The summed E-state index contributed by atoms with van der Waals surface area (Å²) in [5.41, 5.74) is 2.91. The molecule has 2 aromatic rings. The van der Waals surface area contributed by atoms with Gasteiger partial charge in [0.05, 0.1) is 0 Å². The van der Waals surface area contributed by atoms with Crippen molar-refractivity contribution in [2.75, 3.05) is 19.8 Å². The summed E-state index contributed by atoms with van der Waals surface area (Å²) in [5, 5.41) is 2.92. The van der Waals surface area contributed by atoms with Crippen LogP contribution in [-0.2, 0) is 6.42 Å². The molecule has 0 atom stereocenters. The predicted molar refractivity (Wildman–Crippen MR) is 82.4 cm³/mol. The van der Waals surface area contributed by atoms with Crippen molar-refractivity contribution in [3.8, 4) is 11.5 Å². The van der Waals surface area contributed by atoms with Crippen LogP contribution >= 0.6 is 0 Å². The molecule has 0 fully saturated rings. The van der Waals surface area contributed by atoms with Crippen molar-refractivity contribution in [2.24, 2.45) is 0 Å². The molecule has 5 nitrogen and oxygen atoms in total. The highest BCUT2D eigenvalue weighted by molar-refractivity contribution is 5.93. The van der Waals surface area contributed by atoms with Crippen LogP contribution in [0.15, 0.2) is 36.7 Å². The minimum Gasteiger partial charge on any atom is -0.486 e. The number of ether oxygens (including phenoxy) is 2. The first kappa shape index (κ1) is 14.4. The van der Waals surface area contributed by atoms with Crippen LogP contribution in [0.25, 0.3) is 0 Å². The van der Waals surface area contributed by atoms with Crippen molar-refractivity contribution in [1.82, 2.24) is 10.3 Å². The quantitative estimate of drug-likeness (QED) is 0.939. The van der Waals surface area contributed by atoms with Gasteiger partial charge in [-0.05, 0) is 48.7 Å². The number of pyridine rings is 1. The molecule has 0 saturated carbocycles. The molecule has 0 radical (unpaired) electrons. The zero-order chi connectivity index (χ0) is 15.4. The maximum Gasteiger partial charge on any atom is 0.251 e. The first-order valence-corrected chi connectivity index (χ1v) is 7.31. The summed E-state index contributed by atoms with van der Waals surface area (Å²) < 4.78 is 11.2. The van der Waals surface area contributed by atoms with Crippen LogP contribution in [0.3, 0.4) is 0 Å². The lowest BCUT2D eigenvalue weighted by Crippen LogP contribution is -2.26. The highest BCUT2D eigenvalue weighted by Crippen LogP contribution is 2.33. The molecular weight excluding hydrogens is 280 g/mol. The SMILES string of the molecule is Cc1cc2c(cc1CCNC(=O)c1ccncc1)OCCO2. The van der Waals surface area contributed by atoms with Crippen molar-refractivity contribution in [2.45, 2.75) is 13.3 Å². The number of nitrogens with one attached hydrogen (secondary N) is 1. The maximum absolute atomic E-state index is 12.0. The summed E-state index contributed by atoms with van der Waals surface area (Å²) in [6.45, 7) is 3.78. The number of hydrogen-bond acceptors (Lipinski definition) is 4. The molecule has 5 heteroatoms. The van der Waals surface area contributed by atoms with E-state index >= 15 is 0 Å². The number of carbonyl (C=O) groups is 1. The van der Waals surface area contributed by atoms with Gasteiger partial charge in [-0.1, -0.05) is 0 Å². The molecule has 3 rings (SSSR count). The molecule has 2 heterocycles. The third kappa shape index (κ3) is 3.19. The number of aryl methyl sites for hydroxylation is 1. The van der Waals surface area contributed by atoms with E-state index in [9.17, 15) is 4.79 Å². The molecule has 0 unspecified atom stereocenters. The average molecular weight is 298 g/mol. The van der Waals surface area contributed by atoms with Crippen molar-refractivity contribution in [1.29, 1.82) is 0 Å². The zero-order valence-corrected chi connectivity index (χ0v) is 12.5. The monoisotopic (exact) mass is 298 g/mol. The summed E-state index contributed by atoms with van der Waals surface area (Å²) in [6.07, 6.45) is 3.97. The van der Waals surface area contributed by atoms with Crippen LogP contribution in [0.4, 0.5) is 0 Å². The molecule has 1 aliphatic heterocycles. The van der Waals surface area contributed by atoms with Crippen LogP contribution in [-0.4, -0.2) is 30.6 Å². The lowest BCUT2D eigenvalue weighted by atomic mass is 10.0. The summed E-state index contributed by atoms with van der Waals surface area (Å²) >= 11 is 0. The van der Waals surface area contributed by atoms with Gasteiger partial charge >= 0.3 is 0 Å². The predicted octanol–water partition coefficient (Wildman–Crippen LogP) is 2.13. The summed E-state index contributed by atoms with van der Waals surface area (Å²) in [6, 6.07) is 7.40. The Morgan fingerprint density at radius 3 is 2.59 bits per heavy atom. The van der Waals surface area contributed by atoms with E-state index < -0.39 is 0 Å². The van der Waals surface area contributed by atoms with Gasteiger partial charge in [0.2, 0.25) is 0 Å². The maximum atomic E-state index is 12.0. The summed E-state index contributed by atoms with van der Waals surface area (Å²) in [4.78, 5) is 15.9. The molecule has 0 saturated heterocycles. The van der Waals surface area contributed by atoms with Crippen LogP contribution in [0.5, 0.6) is 11.5 Å². The number of hydrogen-bond donors (Lipinski definition) is 1. The minimum atomic E-state index is -0.0856. The summed E-state index contributed by atoms with van der Waals surface area (Å²) in [5.74, 6) is 1.50. The Bertz CT molecular complexity index is 671. The Kier molecular flexibility index (Phi) is 4.23. The molecule has 1 N–H and O–H groups in total. The van der Waals surface area contributed by atoms with Crippen LogP contribution < -0.4 is 14.8 Å². The fraction of sp³-hybridized carbons (Fsp3) is 0.294. The van der Waals surface area contributed by atoms with Crippen molar-refractivity contribution in [3.63, 3.8) is 0 Å². The van der Waals surface area contributed by atoms with Gasteiger partial charge in [-0.3, -0.25) is 9.78 Å². The molecule has 114 valence electrons. The van der Waals surface area contributed by atoms with Gasteiger partial charge in [0.15, 0.2) is 11.5 Å². The minimum absolute atomic E-state index is 0.0856. The molecule has 1 aromatic heterocycles. The van der Waals surface area contributed by atoms with Gasteiger partial charge in [0, 0.05) is 24.5 Å². The number of carbonyl (C=O) groups excluding carboxylic acids is 1. The van der Waals surface area contributed by atoms with Gasteiger partial charge in [0.1, 0.15) is 13.2 Å². The van der Waals surface area contributed by atoms with E-state index in [1.54, 1.807) is 24.5 Å². The number of fused-ring (bicyclic) bond motifs is 1. The van der Waals surface area contributed by atoms with Crippen LogP contribution in [0, 0.1) is 6.92 Å². The Morgan fingerprint density at radius 2 is 1.86 bits per heavy atom. The molecular formula is C17H18N2O3. The third-order valence-electron chi connectivity index (χ3n) is 3.62. The Hall–Kier alpha value is -2.56. The van der Waals surface area contributed by atoms with Gasteiger partial charge < -0.3 is 14.8 Å². The molecule has 1 aliphatic rings. The topological polar surface area (TPSA) is 60.5 Å². The second-order valence-electron chi connectivity index (χ2n) is 5.16. The number of nitrogens with zero attached hydrogens (tertiary/aromatic N) is 1. The smallest absolute Gasteiger partial charge is 0.251 e. The van der Waals surface area contributed by atoms with Crippen LogP contribution in [0.1, 0.15) is 21.5 Å². The van der Waals surface area contributed by atoms with Gasteiger partial charge in [-0.2, -0.15) is 0 Å². The van der Waals surface area contributed by atoms with E-state index in [4.69, 9.17) is 9.47 Å². The second kappa shape index (κ2) is 6.47. The fourth-order valence-electron chi connectivity index (χ4n) is 2.42. The molecule has 0 spiro atoms. The first-order chi connectivity index (χ1) is 10.7. The third-order valence-corrected chi connectivity index (χ3v) is 3.62. The molecule has 22 heavy (non-hydrogen) atoms. The Labute approximate surface area is 129 Å². The summed E-state index contributed by atoms with van der Waals surface area (Å²) in [7, 11) is 0. The van der Waals surface area contributed by atoms with Crippen molar-refractivity contribution >= 4 is 5.91 Å². The molecule has 1 aromatic carbocycles. The Morgan fingerprint density at radius 1 is 1.18 bits per heavy atom. The van der Waals surface area contributed by atoms with E-state index in [0.717, 1.165) is 29.0 Å². The lowest BCUT2D eigenvalue weighted by Gasteiger charge is -2.20. The first-order valence-electron chi connectivity index (χ1n) is 7.31. The number of benzene rings is 1. The second-order valence-corrected chi connectivity index (χ2v) is 5.16. The van der Waals surface area contributed by atoms with Gasteiger partial charge in [0.25, 0.3) is 5.91 Å². The highest BCUT2D eigenvalue weighted by Gasteiger charge is 2.14. The van der Waals surface area contributed by atoms with Crippen molar-refractivity contribution in [3.05, 3.63) is 53.3 Å². The standard InChI is InChI=1S/C17H18N2O3/c1-12-10-15-16(22-9-8-21-15)11-14(12)4-7-19-17(20)13-2-5-18-6-3-13/h2-3,5-6,10-11H,4,7-9H2,1H3,(H,19,20). The number of amides is 1. The van der Waals surface area contributed by atoms with Gasteiger partial charge in [-0.15, -0.1) is 0 Å². The zero-order valence-electron chi connectivity index (χ0n) is 12.5. The van der Waals surface area contributed by atoms with Gasteiger partial charge in [-0.25, -0.2) is 0 Å². The lowest BCUT2D eigenvalue weighted by molar-refractivity contribution is 0.0954. The van der Waals surface area contributed by atoms with E-state index in [-0.39, 0.29) is 5.91 Å². The largest absolute Gasteiger partial charge is 0.486 e. The average Bonchev–Trinajstić information content (AvgIpc) is 2.56. The molecule has 0 aliphatic carbocycles. The molecule has 1 amide bonds. The highest BCUT2D eigenvalue weighted by atomic mass is 16.6. The normalized spacial score (nSPS) is 12.8. The van der Waals surface area contributed by atoms with E-state index in [0.29, 0.717) is 25.3 Å². The van der Waals surface area contributed by atoms with E-state index in [1.165, 1.54) is 0 Å². The molecule has 0 bridgehead atoms. The van der Waals surface area contributed by atoms with E-state index in [1.807, 2.05) is 19.1 Å². The Balaban J connectivity index is 1.61. The number of rotatable bonds is 4. The number of aromatic nitrogens is 1.